The number of rotatable bonds is 3. The van der Waals surface area contributed by atoms with E-state index in [0.29, 0.717) is 6.29 Å². The highest BCUT2D eigenvalue weighted by Crippen LogP contribution is 2.33. The largest absolute Gasteiger partial charge is 0.492 e. The molecule has 7 heteroatoms. The molecular formula is C13H11NO6. The zero-order valence-electron chi connectivity index (χ0n) is 11.1. The Morgan fingerprint density at radius 2 is 2.00 bits per heavy atom. The molecule has 7 nitrogen and oxygen atoms in total. The van der Waals surface area contributed by atoms with Crippen LogP contribution in [0.4, 0.5) is 0 Å². The van der Waals surface area contributed by atoms with Crippen molar-refractivity contribution in [2.24, 2.45) is 7.05 Å². The number of aldehydes is 1. The Balaban J connectivity index is 2.75. The molecule has 0 N–H and O–H groups in total. The van der Waals surface area contributed by atoms with E-state index >= 15 is 0 Å². The Bertz CT molecular complexity index is 680. The van der Waals surface area contributed by atoms with Crippen molar-refractivity contribution < 1.29 is 28.7 Å². The van der Waals surface area contributed by atoms with Gasteiger partial charge in [-0.25, -0.2) is 0 Å². The van der Waals surface area contributed by atoms with Gasteiger partial charge in [0.1, 0.15) is 5.69 Å². The van der Waals surface area contributed by atoms with Gasteiger partial charge in [0.2, 0.25) is 17.4 Å². The second-order valence-electron chi connectivity index (χ2n) is 4.12. The van der Waals surface area contributed by atoms with E-state index in [-0.39, 0.29) is 28.5 Å². The molecule has 20 heavy (non-hydrogen) atoms. The number of hydrogen-bond acceptors (Lipinski definition) is 6. The average molecular weight is 277 g/mol. The number of fused-ring (bicyclic) bond motifs is 1. The molecule has 0 bridgehead atoms. The zero-order valence-corrected chi connectivity index (χ0v) is 11.1. The topological polar surface area (TPSA) is 91.7 Å². The molecule has 1 aliphatic carbocycles. The lowest BCUT2D eigenvalue weighted by molar-refractivity contribution is -0.132. The van der Waals surface area contributed by atoms with Crippen LogP contribution in [0.1, 0.15) is 38.1 Å². The first-order valence-corrected chi connectivity index (χ1v) is 5.63. The second-order valence-corrected chi connectivity index (χ2v) is 4.12. The summed E-state index contributed by atoms with van der Waals surface area (Å²) in [5.74, 6) is -2.06. The molecule has 1 aromatic rings. The van der Waals surface area contributed by atoms with Gasteiger partial charge in [0.25, 0.3) is 0 Å². The number of allylic oxidation sites excluding steroid dienone is 2. The summed E-state index contributed by atoms with van der Waals surface area (Å²) in [4.78, 5) is 46.5. The molecule has 0 atom stereocenters. The molecule has 0 fully saturated rings. The Hall–Kier alpha value is -2.70. The SMILES string of the molecule is COC1=CC(=O)c2c(c(C=O)c(OC(C)=O)n2C)C1=O. The number of esters is 1. The molecule has 104 valence electrons. The predicted octanol–water partition coefficient (Wildman–Crippen LogP) is 0.672. The van der Waals surface area contributed by atoms with E-state index in [9.17, 15) is 19.2 Å². The molecule has 1 aromatic heterocycles. The Labute approximate surface area is 113 Å². The quantitative estimate of drug-likeness (QED) is 0.595. The monoisotopic (exact) mass is 277 g/mol. The van der Waals surface area contributed by atoms with Crippen molar-refractivity contribution in [1.82, 2.24) is 4.57 Å². The number of nitrogens with zero attached hydrogens (tertiary/aromatic N) is 1. The maximum absolute atomic E-state index is 12.2. The molecule has 0 saturated carbocycles. The van der Waals surface area contributed by atoms with Gasteiger partial charge < -0.3 is 14.0 Å². The van der Waals surface area contributed by atoms with Crippen LogP contribution >= 0.6 is 0 Å². The summed E-state index contributed by atoms with van der Waals surface area (Å²) in [5, 5.41) is 0. The van der Waals surface area contributed by atoms with Gasteiger partial charge in [-0.3, -0.25) is 19.2 Å². The van der Waals surface area contributed by atoms with Crippen LogP contribution in [0.2, 0.25) is 0 Å². The fourth-order valence-electron chi connectivity index (χ4n) is 2.10. The number of Topliss-reactive ketones (excluding diaryl/α,β-unsaturated/α-hetero) is 1. The first-order valence-electron chi connectivity index (χ1n) is 5.63. The third kappa shape index (κ3) is 1.83. The van der Waals surface area contributed by atoms with Crippen LogP contribution in [0.15, 0.2) is 11.8 Å². The van der Waals surface area contributed by atoms with E-state index in [2.05, 4.69) is 0 Å². The van der Waals surface area contributed by atoms with E-state index in [4.69, 9.17) is 9.47 Å². The number of methoxy groups -OCH3 is 1. The molecule has 1 aliphatic rings. The Kier molecular flexibility index (Phi) is 3.27. The van der Waals surface area contributed by atoms with E-state index in [1.165, 1.54) is 18.7 Å². The fourth-order valence-corrected chi connectivity index (χ4v) is 2.10. The van der Waals surface area contributed by atoms with Crippen LogP contribution in [0, 0.1) is 0 Å². The van der Waals surface area contributed by atoms with Crippen LogP contribution in [0.25, 0.3) is 0 Å². The summed E-state index contributed by atoms with van der Waals surface area (Å²) in [7, 11) is 2.68. The van der Waals surface area contributed by atoms with Crippen molar-refractivity contribution in [3.63, 3.8) is 0 Å². The minimum absolute atomic E-state index is 0.00542. The third-order valence-electron chi connectivity index (χ3n) is 2.90. The van der Waals surface area contributed by atoms with Gasteiger partial charge in [0, 0.05) is 20.0 Å². The number of aromatic nitrogens is 1. The van der Waals surface area contributed by atoms with E-state index in [1.807, 2.05) is 0 Å². The van der Waals surface area contributed by atoms with E-state index in [1.54, 1.807) is 0 Å². The van der Waals surface area contributed by atoms with Gasteiger partial charge in [-0.2, -0.15) is 0 Å². The first-order chi connectivity index (χ1) is 9.42. The number of ketones is 2. The lowest BCUT2D eigenvalue weighted by Crippen LogP contribution is -2.19. The predicted molar refractivity (Wildman–Crippen MR) is 65.9 cm³/mol. The van der Waals surface area contributed by atoms with Crippen LogP contribution < -0.4 is 4.74 Å². The summed E-state index contributed by atoms with van der Waals surface area (Å²) in [6, 6.07) is 0. The van der Waals surface area contributed by atoms with Crippen LogP contribution in [-0.2, 0) is 16.6 Å². The number of carbonyl (C=O) groups excluding carboxylic acids is 4. The number of hydrogen-bond donors (Lipinski definition) is 0. The summed E-state index contributed by atoms with van der Waals surface area (Å²) >= 11 is 0. The van der Waals surface area contributed by atoms with Crippen molar-refractivity contribution in [1.29, 1.82) is 0 Å². The lowest BCUT2D eigenvalue weighted by Gasteiger charge is -2.11. The smallest absolute Gasteiger partial charge is 0.309 e. The molecule has 0 aliphatic heterocycles. The molecule has 0 unspecified atom stereocenters. The van der Waals surface area contributed by atoms with Gasteiger partial charge in [-0.1, -0.05) is 0 Å². The highest BCUT2D eigenvalue weighted by molar-refractivity contribution is 6.26. The van der Waals surface area contributed by atoms with Crippen molar-refractivity contribution in [3.8, 4) is 5.88 Å². The zero-order chi connectivity index (χ0) is 15.0. The Morgan fingerprint density at radius 1 is 1.35 bits per heavy atom. The lowest BCUT2D eigenvalue weighted by atomic mass is 9.97. The molecule has 2 rings (SSSR count). The van der Waals surface area contributed by atoms with Crippen LogP contribution in [0.3, 0.4) is 0 Å². The van der Waals surface area contributed by atoms with Gasteiger partial charge in [-0.05, 0) is 0 Å². The highest BCUT2D eigenvalue weighted by atomic mass is 16.5. The van der Waals surface area contributed by atoms with E-state index < -0.39 is 17.5 Å². The van der Waals surface area contributed by atoms with Gasteiger partial charge in [0.15, 0.2) is 12.0 Å². The molecule has 0 saturated heterocycles. The van der Waals surface area contributed by atoms with Crippen molar-refractivity contribution >= 4 is 23.8 Å². The fraction of sp³-hybridized carbons (Fsp3) is 0.231. The summed E-state index contributed by atoms with van der Waals surface area (Å²) in [6.45, 7) is 1.16. The normalized spacial score (nSPS) is 13.7. The Morgan fingerprint density at radius 3 is 2.50 bits per heavy atom. The molecule has 0 aromatic carbocycles. The highest BCUT2D eigenvalue weighted by Gasteiger charge is 2.36. The maximum Gasteiger partial charge on any atom is 0.309 e. The molecule has 0 amide bonds. The molecule has 1 heterocycles. The third-order valence-corrected chi connectivity index (χ3v) is 2.90. The molecule has 0 radical (unpaired) electrons. The summed E-state index contributed by atoms with van der Waals surface area (Å²) < 4.78 is 10.9. The van der Waals surface area contributed by atoms with Gasteiger partial charge in [-0.15, -0.1) is 0 Å². The molecule has 0 spiro atoms. The first kappa shape index (κ1) is 13.7. The number of ether oxygens (including phenoxy) is 2. The summed E-state index contributed by atoms with van der Waals surface area (Å²) in [6.07, 6.45) is 1.41. The van der Waals surface area contributed by atoms with Crippen molar-refractivity contribution in [3.05, 3.63) is 28.7 Å². The number of carbonyl (C=O) groups is 4. The van der Waals surface area contributed by atoms with Gasteiger partial charge >= 0.3 is 5.97 Å². The van der Waals surface area contributed by atoms with Crippen molar-refractivity contribution in [2.45, 2.75) is 6.92 Å². The second kappa shape index (κ2) is 4.76. The van der Waals surface area contributed by atoms with Gasteiger partial charge in [0.05, 0.1) is 18.2 Å². The van der Waals surface area contributed by atoms with Crippen LogP contribution in [0.5, 0.6) is 5.88 Å². The van der Waals surface area contributed by atoms with Crippen molar-refractivity contribution in [2.75, 3.05) is 7.11 Å². The molecular weight excluding hydrogens is 266 g/mol. The minimum atomic E-state index is -0.661. The average Bonchev–Trinajstić information content (AvgIpc) is 2.67. The standard InChI is InChI=1S/C13H11NO6/c1-6(16)20-13-7(5-15)10-11(14(13)2)8(17)4-9(19-3)12(10)18/h4-5H,1-3H3. The summed E-state index contributed by atoms with van der Waals surface area (Å²) in [5.41, 5.74) is -0.254. The van der Waals surface area contributed by atoms with E-state index in [0.717, 1.165) is 13.0 Å². The van der Waals surface area contributed by atoms with Crippen LogP contribution in [-0.4, -0.2) is 35.5 Å². The maximum atomic E-state index is 12.2. The minimum Gasteiger partial charge on any atom is -0.492 e.